The highest BCUT2D eigenvalue weighted by Crippen LogP contribution is 2.37. The second-order valence-corrected chi connectivity index (χ2v) is 6.73. The molecule has 1 aromatic heterocycles. The Hall–Kier alpha value is -0.500. The van der Waals surface area contributed by atoms with Crippen molar-refractivity contribution in [3.05, 3.63) is 16.9 Å². The Bertz CT molecular complexity index is 386. The van der Waals surface area contributed by atoms with Crippen molar-refractivity contribution in [2.24, 2.45) is 7.05 Å². The first kappa shape index (κ1) is 17.6. The fraction of sp³-hybridized carbons (Fsp3) is 0.824. The molecule has 0 radical (unpaired) electrons. The number of aryl methyl sites for hydroxylation is 1. The third-order valence-corrected chi connectivity index (χ3v) is 4.55. The molecule has 1 rings (SSSR count). The Morgan fingerprint density at radius 3 is 2.10 bits per heavy atom. The molecule has 0 bridgehead atoms. The average Bonchev–Trinajstić information content (AvgIpc) is 2.75. The van der Waals surface area contributed by atoms with Gasteiger partial charge in [-0.1, -0.05) is 77.3 Å². The van der Waals surface area contributed by atoms with Gasteiger partial charge < -0.3 is 0 Å². The molecule has 1 unspecified atom stereocenters. The van der Waals surface area contributed by atoms with Crippen LogP contribution in [-0.4, -0.2) is 9.78 Å². The largest absolute Gasteiger partial charge is 0.274 e. The molecule has 116 valence electrons. The summed E-state index contributed by atoms with van der Waals surface area (Å²) in [6, 6.07) is 0. The lowest BCUT2D eigenvalue weighted by molar-refractivity contribution is 0.354. The van der Waals surface area contributed by atoms with Gasteiger partial charge in [-0.3, -0.25) is 4.68 Å². The molecule has 2 nitrogen and oxygen atoms in total. The van der Waals surface area contributed by atoms with Crippen molar-refractivity contribution in [3.8, 4) is 0 Å². The second kappa shape index (κ2) is 8.71. The van der Waals surface area contributed by atoms with Crippen LogP contribution in [0.2, 0.25) is 5.02 Å². The van der Waals surface area contributed by atoms with Gasteiger partial charge in [-0.05, 0) is 12.8 Å². The van der Waals surface area contributed by atoms with E-state index in [-0.39, 0.29) is 5.41 Å². The summed E-state index contributed by atoms with van der Waals surface area (Å²) in [7, 11) is 1.96. The van der Waals surface area contributed by atoms with E-state index in [0.717, 1.165) is 10.7 Å². The van der Waals surface area contributed by atoms with E-state index in [4.69, 9.17) is 11.6 Å². The van der Waals surface area contributed by atoms with Gasteiger partial charge in [-0.2, -0.15) is 5.10 Å². The van der Waals surface area contributed by atoms with Crippen LogP contribution in [0.3, 0.4) is 0 Å². The summed E-state index contributed by atoms with van der Waals surface area (Å²) < 4.78 is 1.85. The van der Waals surface area contributed by atoms with Crippen molar-refractivity contribution in [1.29, 1.82) is 0 Å². The summed E-state index contributed by atoms with van der Waals surface area (Å²) in [5.74, 6) is 0. The van der Waals surface area contributed by atoms with Crippen LogP contribution in [0.15, 0.2) is 6.20 Å². The number of halogens is 1. The Balaban J connectivity index is 2.74. The van der Waals surface area contributed by atoms with Gasteiger partial charge in [0.15, 0.2) is 0 Å². The fourth-order valence-electron chi connectivity index (χ4n) is 2.94. The molecular weight excluding hydrogens is 268 g/mol. The normalized spacial score (nSPS) is 14.4. The molecule has 0 amide bonds. The molecule has 1 heterocycles. The highest BCUT2D eigenvalue weighted by Gasteiger charge is 2.30. The summed E-state index contributed by atoms with van der Waals surface area (Å²) in [6.07, 6.45) is 13.4. The van der Waals surface area contributed by atoms with E-state index >= 15 is 0 Å². The summed E-state index contributed by atoms with van der Waals surface area (Å²) in [5.41, 5.74) is 1.25. The molecule has 0 fully saturated rings. The van der Waals surface area contributed by atoms with Gasteiger partial charge in [0, 0.05) is 18.7 Å². The zero-order valence-corrected chi connectivity index (χ0v) is 14.5. The Morgan fingerprint density at radius 2 is 1.60 bits per heavy atom. The van der Waals surface area contributed by atoms with Crippen LogP contribution < -0.4 is 0 Å². The summed E-state index contributed by atoms with van der Waals surface area (Å²) in [4.78, 5) is 0. The first-order valence-corrected chi connectivity index (χ1v) is 8.61. The third-order valence-electron chi connectivity index (χ3n) is 4.27. The van der Waals surface area contributed by atoms with Gasteiger partial charge in [0.1, 0.15) is 0 Å². The smallest absolute Gasteiger partial charge is 0.0869 e. The Kier molecular flexibility index (Phi) is 7.65. The standard InChI is InChI=1S/C17H31ClN2/c1-5-7-9-11-13-17(3,12-10-8-6-2)16-15(18)14-20(4)19-16/h14H,5-13H2,1-4H3. The molecule has 0 saturated heterocycles. The summed E-state index contributed by atoms with van der Waals surface area (Å²) >= 11 is 6.40. The first-order valence-electron chi connectivity index (χ1n) is 8.23. The maximum absolute atomic E-state index is 6.40. The summed E-state index contributed by atoms with van der Waals surface area (Å²) in [5, 5.41) is 5.48. The van der Waals surface area contributed by atoms with Crippen LogP contribution >= 0.6 is 11.6 Å². The van der Waals surface area contributed by atoms with Gasteiger partial charge in [-0.25, -0.2) is 0 Å². The number of hydrogen-bond acceptors (Lipinski definition) is 1. The van der Waals surface area contributed by atoms with Crippen LogP contribution in [0.5, 0.6) is 0 Å². The lowest BCUT2D eigenvalue weighted by Crippen LogP contribution is -2.23. The van der Waals surface area contributed by atoms with Crippen molar-refractivity contribution >= 4 is 11.6 Å². The quantitative estimate of drug-likeness (QED) is 0.493. The minimum atomic E-state index is 0.140. The monoisotopic (exact) mass is 298 g/mol. The first-order chi connectivity index (χ1) is 9.53. The van der Waals surface area contributed by atoms with E-state index in [0.29, 0.717) is 0 Å². The number of unbranched alkanes of at least 4 members (excludes halogenated alkanes) is 5. The zero-order chi connectivity index (χ0) is 15.0. The Morgan fingerprint density at radius 1 is 1.05 bits per heavy atom. The maximum Gasteiger partial charge on any atom is 0.0869 e. The van der Waals surface area contributed by atoms with E-state index in [9.17, 15) is 0 Å². The van der Waals surface area contributed by atoms with Crippen LogP contribution in [0.25, 0.3) is 0 Å². The van der Waals surface area contributed by atoms with E-state index in [1.807, 2.05) is 17.9 Å². The number of hydrogen-bond donors (Lipinski definition) is 0. The molecule has 3 heteroatoms. The number of aromatic nitrogens is 2. The third kappa shape index (κ3) is 5.12. The van der Waals surface area contributed by atoms with Crippen LogP contribution in [-0.2, 0) is 12.5 Å². The predicted molar refractivity (Wildman–Crippen MR) is 88.5 cm³/mol. The molecule has 0 aliphatic heterocycles. The predicted octanol–water partition coefficient (Wildman–Crippen LogP) is 5.88. The maximum atomic E-state index is 6.40. The zero-order valence-electron chi connectivity index (χ0n) is 13.7. The lowest BCUT2D eigenvalue weighted by atomic mass is 9.77. The molecule has 0 saturated carbocycles. The molecular formula is C17H31ClN2. The van der Waals surface area contributed by atoms with Crippen molar-refractivity contribution in [1.82, 2.24) is 9.78 Å². The molecule has 1 atom stereocenters. The number of rotatable bonds is 10. The second-order valence-electron chi connectivity index (χ2n) is 6.33. The van der Waals surface area contributed by atoms with E-state index < -0.39 is 0 Å². The highest BCUT2D eigenvalue weighted by atomic mass is 35.5. The minimum absolute atomic E-state index is 0.140. The SMILES string of the molecule is CCCCCCC(C)(CCCCC)c1nn(C)cc1Cl. The van der Waals surface area contributed by atoms with Crippen molar-refractivity contribution < 1.29 is 0 Å². The van der Waals surface area contributed by atoms with Crippen molar-refractivity contribution in [2.45, 2.75) is 84.0 Å². The lowest BCUT2D eigenvalue weighted by Gasteiger charge is -2.28. The minimum Gasteiger partial charge on any atom is -0.274 e. The average molecular weight is 299 g/mol. The van der Waals surface area contributed by atoms with Gasteiger partial charge in [-0.15, -0.1) is 0 Å². The van der Waals surface area contributed by atoms with E-state index in [1.165, 1.54) is 57.8 Å². The topological polar surface area (TPSA) is 17.8 Å². The van der Waals surface area contributed by atoms with Crippen LogP contribution in [0.1, 0.15) is 84.3 Å². The molecule has 20 heavy (non-hydrogen) atoms. The molecule has 0 aliphatic carbocycles. The van der Waals surface area contributed by atoms with Gasteiger partial charge in [0.2, 0.25) is 0 Å². The Labute approximate surface area is 129 Å². The van der Waals surface area contributed by atoms with Gasteiger partial charge in [0.05, 0.1) is 10.7 Å². The molecule has 0 N–H and O–H groups in total. The number of nitrogens with zero attached hydrogens (tertiary/aromatic N) is 2. The molecule has 1 aromatic rings. The highest BCUT2D eigenvalue weighted by molar-refractivity contribution is 6.31. The van der Waals surface area contributed by atoms with Crippen LogP contribution in [0, 0.1) is 0 Å². The van der Waals surface area contributed by atoms with E-state index in [2.05, 4.69) is 25.9 Å². The van der Waals surface area contributed by atoms with Crippen molar-refractivity contribution in [3.63, 3.8) is 0 Å². The summed E-state index contributed by atoms with van der Waals surface area (Å²) in [6.45, 7) is 6.87. The van der Waals surface area contributed by atoms with Gasteiger partial charge in [0.25, 0.3) is 0 Å². The molecule has 0 aromatic carbocycles. The van der Waals surface area contributed by atoms with Gasteiger partial charge >= 0.3 is 0 Å². The van der Waals surface area contributed by atoms with E-state index in [1.54, 1.807) is 0 Å². The molecule has 0 spiro atoms. The van der Waals surface area contributed by atoms with Crippen molar-refractivity contribution in [2.75, 3.05) is 0 Å². The van der Waals surface area contributed by atoms with Crippen LogP contribution in [0.4, 0.5) is 0 Å². The molecule has 0 aliphatic rings. The fourth-order valence-corrected chi connectivity index (χ4v) is 3.34.